The van der Waals surface area contributed by atoms with Gasteiger partial charge in [-0.3, -0.25) is 0 Å². The molecule has 0 aromatic carbocycles. The number of hydrogen-bond donors (Lipinski definition) is 4. The summed E-state index contributed by atoms with van der Waals surface area (Å²) in [6.07, 6.45) is 1.00. The highest BCUT2D eigenvalue weighted by molar-refractivity contribution is 7.95. The van der Waals surface area contributed by atoms with Crippen LogP contribution in [0.5, 0.6) is 0 Å². The first-order valence-corrected chi connectivity index (χ1v) is 20.6. The Kier molecular flexibility index (Phi) is 11.4. The lowest BCUT2D eigenvalue weighted by molar-refractivity contribution is 0.185. The second-order valence-electron chi connectivity index (χ2n) is 9.73. The van der Waals surface area contributed by atoms with Crippen molar-refractivity contribution >= 4 is 62.6 Å². The van der Waals surface area contributed by atoms with Gasteiger partial charge in [-0.1, -0.05) is 13.8 Å². The highest BCUT2D eigenvalue weighted by atomic mass is 32.3. The van der Waals surface area contributed by atoms with E-state index in [1.165, 1.54) is 16.4 Å². The first-order chi connectivity index (χ1) is 19.4. The minimum Gasteiger partial charge on any atom is -0.385 e. The van der Waals surface area contributed by atoms with Gasteiger partial charge >= 0.3 is 0 Å². The van der Waals surface area contributed by atoms with Gasteiger partial charge in [0, 0.05) is 50.0 Å². The van der Waals surface area contributed by atoms with Crippen LogP contribution >= 0.6 is 22.7 Å². The zero-order valence-electron chi connectivity index (χ0n) is 23.6. The molecule has 20 heteroatoms. The van der Waals surface area contributed by atoms with Crippen molar-refractivity contribution in [3.63, 3.8) is 0 Å². The number of hydrogen-bond acceptors (Lipinski definition) is 13. The van der Waals surface area contributed by atoms with Crippen molar-refractivity contribution in [3.05, 3.63) is 23.3 Å². The molecule has 2 aliphatic heterocycles. The smallest absolute Gasteiger partial charge is 0.252 e. The van der Waals surface area contributed by atoms with Gasteiger partial charge in [0.2, 0.25) is 20.0 Å². The van der Waals surface area contributed by atoms with Crippen molar-refractivity contribution in [2.24, 2.45) is 10.3 Å². The van der Waals surface area contributed by atoms with Crippen LogP contribution in [0.25, 0.3) is 0 Å². The third-order valence-corrected chi connectivity index (χ3v) is 17.0. The Labute approximate surface area is 255 Å². The molecule has 6 N–H and O–H groups in total. The SMILES string of the molecule is CCN[C@H]1CN(CCCOC)S(=O)(=O)c2sc(S(N)(=O)=O)cc21.CCN[C@H]1C[C@H](C)S(=O)(=O)c2sc(S(N)(=O)=O)cc21. The van der Waals surface area contributed by atoms with E-state index >= 15 is 0 Å². The number of likely N-dealkylation sites (N-methyl/N-ethyl adjacent to an activating group) is 1. The third kappa shape index (κ3) is 7.60. The van der Waals surface area contributed by atoms with Crippen LogP contribution in [0.1, 0.15) is 56.8 Å². The van der Waals surface area contributed by atoms with E-state index < -0.39 is 45.2 Å². The van der Waals surface area contributed by atoms with Crippen LogP contribution in [0.15, 0.2) is 29.0 Å². The van der Waals surface area contributed by atoms with Gasteiger partial charge in [-0.15, -0.1) is 22.7 Å². The van der Waals surface area contributed by atoms with Gasteiger partial charge in [-0.2, -0.15) is 4.31 Å². The topological polar surface area (TPSA) is 225 Å². The van der Waals surface area contributed by atoms with Gasteiger partial charge < -0.3 is 15.4 Å². The third-order valence-electron chi connectivity index (χ3n) is 6.69. The normalized spacial score (nSPS) is 23.4. The standard InChI is InChI=1S/C12H21N3O5S3.C10H16N2O4S3/c1-3-14-10-8-15(5-4-6-20-2)23(18,19)12-9(10)7-11(21-12)22(13,16)17;1-3-12-8-4-6(2)18(13,14)10-7(8)5-9(17-10)19(11,15)16/h7,10,14H,3-6,8H2,1-2H3,(H2,13,16,17);5-6,8,12H,3-4H2,1-2H3,(H2,11,15,16)/t10-;6-,8-/m00/s1. The van der Waals surface area contributed by atoms with E-state index in [9.17, 15) is 33.7 Å². The van der Waals surface area contributed by atoms with Crippen LogP contribution in [0.2, 0.25) is 0 Å². The molecule has 4 rings (SSSR count). The Morgan fingerprint density at radius 1 is 0.929 bits per heavy atom. The van der Waals surface area contributed by atoms with Crippen LogP contribution in [0.3, 0.4) is 0 Å². The minimum atomic E-state index is -3.94. The van der Waals surface area contributed by atoms with Gasteiger partial charge in [0.25, 0.3) is 10.0 Å². The fourth-order valence-corrected chi connectivity index (χ4v) is 13.4. The molecular formula is C22H37N5O9S6. The summed E-state index contributed by atoms with van der Waals surface area (Å²) in [6.45, 7) is 7.81. The van der Waals surface area contributed by atoms with Crippen LogP contribution in [0.4, 0.5) is 0 Å². The summed E-state index contributed by atoms with van der Waals surface area (Å²) in [5.74, 6) is 0. The van der Waals surface area contributed by atoms with Gasteiger partial charge in [-0.05, 0) is 45.0 Å². The fourth-order valence-electron chi connectivity index (χ4n) is 4.66. The highest BCUT2D eigenvalue weighted by Crippen LogP contribution is 2.42. The molecule has 0 amide bonds. The molecule has 3 atom stereocenters. The van der Waals surface area contributed by atoms with Crippen LogP contribution in [0, 0.1) is 0 Å². The number of nitrogens with two attached hydrogens (primary N) is 2. The zero-order valence-corrected chi connectivity index (χ0v) is 28.5. The van der Waals surface area contributed by atoms with E-state index in [0.717, 1.165) is 11.3 Å². The Balaban J connectivity index is 0.000000235. The van der Waals surface area contributed by atoms with Crippen LogP contribution in [-0.2, 0) is 44.6 Å². The maximum absolute atomic E-state index is 12.7. The number of rotatable bonds is 10. The molecule has 0 aliphatic carbocycles. The van der Waals surface area contributed by atoms with Crippen molar-refractivity contribution in [1.29, 1.82) is 0 Å². The number of ether oxygens (including phenoxy) is 1. The monoisotopic (exact) mass is 707 g/mol. The maximum atomic E-state index is 12.7. The molecule has 0 saturated carbocycles. The first kappa shape index (κ1) is 35.4. The number of sulfone groups is 1. The molecule has 2 aliphatic rings. The van der Waals surface area contributed by atoms with Crippen LogP contribution < -0.4 is 20.9 Å². The average molecular weight is 708 g/mol. The average Bonchev–Trinajstić information content (AvgIpc) is 3.53. The lowest BCUT2D eigenvalue weighted by Gasteiger charge is -2.32. The summed E-state index contributed by atoms with van der Waals surface area (Å²) in [4.78, 5) is 0. The summed E-state index contributed by atoms with van der Waals surface area (Å²) in [7, 11) is -13.4. The van der Waals surface area contributed by atoms with E-state index in [1.807, 2.05) is 13.8 Å². The van der Waals surface area contributed by atoms with Gasteiger partial charge in [0.15, 0.2) is 9.84 Å². The number of methoxy groups -OCH3 is 1. The molecule has 0 radical (unpaired) electrons. The second-order valence-corrected chi connectivity index (χ2v) is 20.1. The minimum absolute atomic E-state index is 0.0520. The Hall–Kier alpha value is -1.04. The number of sulfonamides is 3. The summed E-state index contributed by atoms with van der Waals surface area (Å²) in [6, 6.07) is 2.34. The fraction of sp³-hybridized carbons (Fsp3) is 0.636. The van der Waals surface area contributed by atoms with Gasteiger partial charge in [0.05, 0.1) is 5.25 Å². The largest absolute Gasteiger partial charge is 0.385 e. The molecule has 0 unspecified atom stereocenters. The van der Waals surface area contributed by atoms with E-state index in [1.54, 1.807) is 14.0 Å². The molecule has 14 nitrogen and oxygen atoms in total. The van der Waals surface area contributed by atoms with Crippen molar-refractivity contribution in [3.8, 4) is 0 Å². The first-order valence-electron chi connectivity index (χ1n) is 12.9. The predicted octanol–water partition coefficient (Wildman–Crippen LogP) is 0.699. The van der Waals surface area contributed by atoms with E-state index in [0.29, 0.717) is 61.5 Å². The van der Waals surface area contributed by atoms with Gasteiger partial charge in [0.1, 0.15) is 16.8 Å². The van der Waals surface area contributed by atoms with E-state index in [4.69, 9.17) is 15.0 Å². The lowest BCUT2D eigenvalue weighted by Crippen LogP contribution is -2.43. The second kappa shape index (κ2) is 13.5. The Bertz CT molecular complexity index is 1700. The number of primary sulfonamides is 2. The molecule has 0 saturated heterocycles. The molecule has 240 valence electrons. The number of nitrogens with zero attached hydrogens (tertiary/aromatic N) is 1. The summed E-state index contributed by atoms with van der Waals surface area (Å²) < 4.78 is 102. The van der Waals surface area contributed by atoms with Crippen molar-refractivity contribution in [1.82, 2.24) is 14.9 Å². The molecule has 2 aromatic rings. The van der Waals surface area contributed by atoms with Gasteiger partial charge in [-0.25, -0.2) is 43.9 Å². The number of nitrogens with one attached hydrogen (secondary N) is 2. The highest BCUT2D eigenvalue weighted by Gasteiger charge is 2.40. The molecule has 42 heavy (non-hydrogen) atoms. The summed E-state index contributed by atoms with van der Waals surface area (Å²) in [5, 5.41) is 16.1. The van der Waals surface area contributed by atoms with Crippen molar-refractivity contribution < 1.29 is 38.4 Å². The van der Waals surface area contributed by atoms with Crippen molar-refractivity contribution in [2.45, 2.75) is 67.8 Å². The molecule has 2 aromatic heterocycles. The molecule has 0 spiro atoms. The zero-order chi connectivity index (χ0) is 31.7. The summed E-state index contributed by atoms with van der Waals surface area (Å²) >= 11 is 1.45. The molecular weight excluding hydrogens is 671 g/mol. The van der Waals surface area contributed by atoms with Crippen LogP contribution in [-0.4, -0.2) is 83.1 Å². The van der Waals surface area contributed by atoms with Crippen molar-refractivity contribution in [2.75, 3.05) is 39.9 Å². The number of thiophene rings is 2. The maximum Gasteiger partial charge on any atom is 0.252 e. The summed E-state index contributed by atoms with van der Waals surface area (Å²) in [5.41, 5.74) is 0.998. The quantitative estimate of drug-likeness (QED) is 0.252. The number of fused-ring (bicyclic) bond motifs is 2. The molecule has 0 bridgehead atoms. The molecule has 4 heterocycles. The predicted molar refractivity (Wildman–Crippen MR) is 161 cm³/mol. The Morgan fingerprint density at radius 2 is 1.43 bits per heavy atom. The van der Waals surface area contributed by atoms with E-state index in [-0.39, 0.29) is 35.5 Å². The lowest BCUT2D eigenvalue weighted by atomic mass is 10.1. The Morgan fingerprint density at radius 3 is 1.93 bits per heavy atom. The van der Waals surface area contributed by atoms with E-state index in [2.05, 4.69) is 10.6 Å². The molecule has 0 fully saturated rings.